The van der Waals surface area contributed by atoms with E-state index in [9.17, 15) is 5.11 Å². The summed E-state index contributed by atoms with van der Waals surface area (Å²) in [5.41, 5.74) is 3.83. The van der Waals surface area contributed by atoms with Gasteiger partial charge in [0.05, 0.1) is 18.3 Å². The molecule has 3 aromatic heterocycles. The smallest absolute Gasteiger partial charge is 0.109 e. The predicted octanol–water partition coefficient (Wildman–Crippen LogP) is 2.42. The van der Waals surface area contributed by atoms with Gasteiger partial charge in [0.15, 0.2) is 0 Å². The summed E-state index contributed by atoms with van der Waals surface area (Å²) in [7, 11) is 4.10. The number of pyridine rings is 1. The highest BCUT2D eigenvalue weighted by Gasteiger charge is 2.17. The maximum atomic E-state index is 10.1. The Balaban J connectivity index is 2.03. The fourth-order valence-electron chi connectivity index (χ4n) is 2.65. The van der Waals surface area contributed by atoms with Crippen LogP contribution in [0.5, 0.6) is 0 Å². The van der Waals surface area contributed by atoms with Gasteiger partial charge in [0, 0.05) is 30.0 Å². The first kappa shape index (κ1) is 14.8. The Labute approximate surface area is 130 Å². The number of nitrogens with zero attached hydrogens (tertiary/aromatic N) is 4. The Kier molecular flexibility index (Phi) is 4.00. The standard InChI is InChI=1S/C17H22N4O/c1-13(22)15-12-14-6-4-5-8-21(14)17(15)16-7-9-20(18-16)11-10-19(2)3/h4-9,12-13,22H,10-11H2,1-3H3. The van der Waals surface area contributed by atoms with Crippen LogP contribution in [-0.2, 0) is 6.54 Å². The molecule has 3 aromatic rings. The van der Waals surface area contributed by atoms with Crippen molar-refractivity contribution in [2.24, 2.45) is 0 Å². The lowest BCUT2D eigenvalue weighted by atomic mass is 10.1. The van der Waals surface area contributed by atoms with E-state index in [0.717, 1.165) is 35.6 Å². The first-order valence-electron chi connectivity index (χ1n) is 7.53. The van der Waals surface area contributed by atoms with E-state index in [0.29, 0.717) is 0 Å². The zero-order valence-electron chi connectivity index (χ0n) is 13.3. The van der Waals surface area contributed by atoms with Crippen molar-refractivity contribution in [3.05, 3.63) is 48.3 Å². The molecule has 0 saturated carbocycles. The largest absolute Gasteiger partial charge is 0.389 e. The van der Waals surface area contributed by atoms with E-state index in [-0.39, 0.29) is 0 Å². The SMILES string of the molecule is CC(O)c1cc2ccccn2c1-c1ccn(CCN(C)C)n1. The highest BCUT2D eigenvalue weighted by Crippen LogP contribution is 2.30. The average Bonchev–Trinajstić information content (AvgIpc) is 3.08. The van der Waals surface area contributed by atoms with Gasteiger partial charge in [-0.15, -0.1) is 0 Å². The zero-order valence-corrected chi connectivity index (χ0v) is 13.3. The molecule has 0 aliphatic rings. The number of hydrogen-bond donors (Lipinski definition) is 1. The number of likely N-dealkylation sites (N-methyl/N-ethyl adjacent to an activating group) is 1. The quantitative estimate of drug-likeness (QED) is 0.787. The summed E-state index contributed by atoms with van der Waals surface area (Å²) in [5, 5.41) is 14.8. The van der Waals surface area contributed by atoms with Crippen LogP contribution in [0.4, 0.5) is 0 Å². The Bertz CT molecular complexity index is 770. The van der Waals surface area contributed by atoms with Crippen molar-refractivity contribution < 1.29 is 5.11 Å². The minimum atomic E-state index is -0.526. The van der Waals surface area contributed by atoms with E-state index < -0.39 is 6.10 Å². The van der Waals surface area contributed by atoms with Crippen molar-refractivity contribution >= 4 is 5.52 Å². The average molecular weight is 298 g/mol. The number of aliphatic hydroxyl groups excluding tert-OH is 1. The number of aliphatic hydroxyl groups is 1. The van der Waals surface area contributed by atoms with Crippen LogP contribution >= 0.6 is 0 Å². The molecule has 0 radical (unpaired) electrons. The lowest BCUT2D eigenvalue weighted by Gasteiger charge is -2.09. The highest BCUT2D eigenvalue weighted by atomic mass is 16.3. The molecule has 0 bridgehead atoms. The molecule has 0 aliphatic carbocycles. The molecular weight excluding hydrogens is 276 g/mol. The third-order valence-electron chi connectivity index (χ3n) is 3.82. The van der Waals surface area contributed by atoms with Crippen LogP contribution in [0.2, 0.25) is 0 Å². The summed E-state index contributed by atoms with van der Waals surface area (Å²) >= 11 is 0. The van der Waals surface area contributed by atoms with E-state index >= 15 is 0 Å². The van der Waals surface area contributed by atoms with Gasteiger partial charge in [-0.3, -0.25) is 4.68 Å². The number of aromatic nitrogens is 3. The Hall–Kier alpha value is -2.11. The van der Waals surface area contributed by atoms with E-state index in [4.69, 9.17) is 0 Å². The third-order valence-corrected chi connectivity index (χ3v) is 3.82. The molecule has 22 heavy (non-hydrogen) atoms. The van der Waals surface area contributed by atoms with E-state index in [2.05, 4.69) is 28.5 Å². The van der Waals surface area contributed by atoms with Crippen molar-refractivity contribution in [1.82, 2.24) is 19.1 Å². The van der Waals surface area contributed by atoms with Crippen molar-refractivity contribution in [3.63, 3.8) is 0 Å². The van der Waals surface area contributed by atoms with Crippen molar-refractivity contribution in [1.29, 1.82) is 0 Å². The molecule has 0 saturated heterocycles. The van der Waals surface area contributed by atoms with Crippen LogP contribution in [0.1, 0.15) is 18.6 Å². The summed E-state index contributed by atoms with van der Waals surface area (Å²) in [6.07, 6.45) is 3.48. The molecule has 0 aliphatic heterocycles. The second-order valence-corrected chi connectivity index (χ2v) is 5.89. The van der Waals surface area contributed by atoms with Gasteiger partial charge in [-0.2, -0.15) is 5.10 Å². The summed E-state index contributed by atoms with van der Waals surface area (Å²) in [6, 6.07) is 10.1. The van der Waals surface area contributed by atoms with Crippen LogP contribution in [0.15, 0.2) is 42.7 Å². The molecular formula is C17H22N4O. The van der Waals surface area contributed by atoms with Crippen LogP contribution < -0.4 is 0 Å². The first-order chi connectivity index (χ1) is 10.6. The Morgan fingerprint density at radius 2 is 2.05 bits per heavy atom. The van der Waals surface area contributed by atoms with Gasteiger partial charge in [0.2, 0.25) is 0 Å². The van der Waals surface area contributed by atoms with Gasteiger partial charge >= 0.3 is 0 Å². The molecule has 0 amide bonds. The number of fused-ring (bicyclic) bond motifs is 1. The molecule has 0 spiro atoms. The lowest BCUT2D eigenvalue weighted by Crippen LogP contribution is -2.18. The van der Waals surface area contributed by atoms with Gasteiger partial charge in [0.1, 0.15) is 5.69 Å². The van der Waals surface area contributed by atoms with Gasteiger partial charge in [0.25, 0.3) is 0 Å². The Morgan fingerprint density at radius 1 is 1.23 bits per heavy atom. The minimum Gasteiger partial charge on any atom is -0.389 e. The monoisotopic (exact) mass is 298 g/mol. The second kappa shape index (κ2) is 5.94. The maximum absolute atomic E-state index is 10.1. The minimum absolute atomic E-state index is 0.526. The Morgan fingerprint density at radius 3 is 2.77 bits per heavy atom. The molecule has 3 rings (SSSR count). The lowest BCUT2D eigenvalue weighted by molar-refractivity contribution is 0.200. The molecule has 5 nitrogen and oxygen atoms in total. The van der Waals surface area contributed by atoms with Crippen LogP contribution in [0, 0.1) is 0 Å². The molecule has 0 aromatic carbocycles. The van der Waals surface area contributed by atoms with Gasteiger partial charge in [-0.05, 0) is 45.3 Å². The van der Waals surface area contributed by atoms with Gasteiger partial charge in [-0.1, -0.05) is 6.07 Å². The fraction of sp³-hybridized carbons (Fsp3) is 0.353. The van der Waals surface area contributed by atoms with Crippen molar-refractivity contribution in [3.8, 4) is 11.4 Å². The molecule has 1 atom stereocenters. The normalized spacial score (nSPS) is 13.1. The molecule has 116 valence electrons. The maximum Gasteiger partial charge on any atom is 0.109 e. The summed E-state index contributed by atoms with van der Waals surface area (Å²) in [5.74, 6) is 0. The van der Waals surface area contributed by atoms with E-state index in [1.807, 2.05) is 47.4 Å². The summed E-state index contributed by atoms with van der Waals surface area (Å²) in [6.45, 7) is 3.58. The van der Waals surface area contributed by atoms with Crippen LogP contribution in [0.3, 0.4) is 0 Å². The third kappa shape index (κ3) is 2.77. The van der Waals surface area contributed by atoms with E-state index in [1.54, 1.807) is 6.92 Å². The van der Waals surface area contributed by atoms with Gasteiger partial charge in [-0.25, -0.2) is 0 Å². The fourth-order valence-corrected chi connectivity index (χ4v) is 2.65. The molecule has 1 unspecified atom stereocenters. The number of rotatable bonds is 5. The highest BCUT2D eigenvalue weighted by molar-refractivity contribution is 5.69. The topological polar surface area (TPSA) is 45.7 Å². The second-order valence-electron chi connectivity index (χ2n) is 5.89. The predicted molar refractivity (Wildman–Crippen MR) is 87.8 cm³/mol. The van der Waals surface area contributed by atoms with Crippen molar-refractivity contribution in [2.75, 3.05) is 20.6 Å². The summed E-state index contributed by atoms with van der Waals surface area (Å²) in [4.78, 5) is 2.13. The summed E-state index contributed by atoms with van der Waals surface area (Å²) < 4.78 is 4.03. The molecule has 1 N–H and O–H groups in total. The van der Waals surface area contributed by atoms with Crippen molar-refractivity contribution in [2.45, 2.75) is 19.6 Å². The molecule has 0 fully saturated rings. The van der Waals surface area contributed by atoms with Gasteiger partial charge < -0.3 is 14.4 Å². The number of hydrogen-bond acceptors (Lipinski definition) is 3. The van der Waals surface area contributed by atoms with Crippen LogP contribution in [-0.4, -0.2) is 44.8 Å². The first-order valence-corrected chi connectivity index (χ1v) is 7.53. The molecule has 5 heteroatoms. The van der Waals surface area contributed by atoms with Crippen LogP contribution in [0.25, 0.3) is 16.9 Å². The molecule has 3 heterocycles. The zero-order chi connectivity index (χ0) is 15.7. The van der Waals surface area contributed by atoms with E-state index in [1.165, 1.54) is 0 Å².